The number of hydrogen-bond acceptors (Lipinski definition) is 2. The van der Waals surface area contributed by atoms with Crippen LogP contribution >= 0.6 is 0 Å². The van der Waals surface area contributed by atoms with Crippen LogP contribution in [0.4, 0.5) is 0 Å². The molecule has 1 aromatic carbocycles. The summed E-state index contributed by atoms with van der Waals surface area (Å²) in [5.74, 6) is 0. The minimum Gasteiger partial charge on any atom is -0.345 e. The molecule has 0 saturated carbocycles. The van der Waals surface area contributed by atoms with Gasteiger partial charge in [0.1, 0.15) is 0 Å². The van der Waals surface area contributed by atoms with Crippen LogP contribution in [0.5, 0.6) is 0 Å². The van der Waals surface area contributed by atoms with Gasteiger partial charge in [-0.1, -0.05) is 6.07 Å². The van der Waals surface area contributed by atoms with Crippen LogP contribution in [0.1, 0.15) is 25.8 Å². The van der Waals surface area contributed by atoms with Crippen molar-refractivity contribution >= 4 is 11.0 Å². The molecule has 1 aromatic heterocycles. The molecule has 0 aliphatic rings. The van der Waals surface area contributed by atoms with E-state index in [0.717, 1.165) is 23.9 Å². The van der Waals surface area contributed by atoms with E-state index in [1.54, 1.807) is 6.33 Å². The molecule has 3 N–H and O–H groups in total. The summed E-state index contributed by atoms with van der Waals surface area (Å²) >= 11 is 0. The van der Waals surface area contributed by atoms with Gasteiger partial charge in [-0.05, 0) is 44.4 Å². The second-order valence-electron chi connectivity index (χ2n) is 4.74. The van der Waals surface area contributed by atoms with E-state index in [9.17, 15) is 0 Å². The summed E-state index contributed by atoms with van der Waals surface area (Å²) in [4.78, 5) is 7.30. The van der Waals surface area contributed by atoms with Crippen LogP contribution in [0, 0.1) is 0 Å². The lowest BCUT2D eigenvalue weighted by molar-refractivity contribution is 0.477. The number of nitrogens with one attached hydrogen (secondary N) is 1. The molecule has 0 radical (unpaired) electrons. The van der Waals surface area contributed by atoms with Crippen LogP contribution in [-0.4, -0.2) is 15.5 Å². The Labute approximate surface area is 89.7 Å². The number of fused-ring (bicyclic) bond motifs is 1. The SMILES string of the molecule is CC(C)(N)CCc1ccc2nc[nH]c2c1. The van der Waals surface area contributed by atoms with Gasteiger partial charge in [-0.15, -0.1) is 0 Å². The molecule has 0 aliphatic heterocycles. The first-order valence-electron chi connectivity index (χ1n) is 5.25. The number of benzene rings is 1. The third kappa shape index (κ3) is 2.57. The standard InChI is InChI=1S/C12H17N3/c1-12(2,13)6-5-9-3-4-10-11(7-9)15-8-14-10/h3-4,7-8H,5-6,13H2,1-2H3,(H,14,15). The third-order valence-electron chi connectivity index (χ3n) is 2.54. The minimum absolute atomic E-state index is 0.0943. The highest BCUT2D eigenvalue weighted by Gasteiger charge is 2.10. The fourth-order valence-electron chi connectivity index (χ4n) is 1.60. The van der Waals surface area contributed by atoms with Crippen molar-refractivity contribution in [2.45, 2.75) is 32.2 Å². The van der Waals surface area contributed by atoms with Crippen molar-refractivity contribution in [1.29, 1.82) is 0 Å². The van der Waals surface area contributed by atoms with Crippen LogP contribution in [0.15, 0.2) is 24.5 Å². The highest BCUT2D eigenvalue weighted by Crippen LogP contribution is 2.15. The van der Waals surface area contributed by atoms with Crippen LogP contribution < -0.4 is 5.73 Å². The molecule has 0 spiro atoms. The fourth-order valence-corrected chi connectivity index (χ4v) is 1.60. The van der Waals surface area contributed by atoms with Gasteiger partial charge in [0.25, 0.3) is 0 Å². The van der Waals surface area contributed by atoms with E-state index in [1.165, 1.54) is 5.56 Å². The largest absolute Gasteiger partial charge is 0.345 e. The quantitative estimate of drug-likeness (QED) is 0.803. The number of aromatic nitrogens is 2. The molecule has 3 heteroatoms. The molecule has 0 amide bonds. The lowest BCUT2D eigenvalue weighted by Gasteiger charge is -2.17. The van der Waals surface area contributed by atoms with Gasteiger partial charge < -0.3 is 10.7 Å². The maximum absolute atomic E-state index is 5.96. The Balaban J connectivity index is 2.15. The maximum Gasteiger partial charge on any atom is 0.0931 e. The Hall–Kier alpha value is -1.35. The smallest absolute Gasteiger partial charge is 0.0931 e. The molecule has 80 valence electrons. The third-order valence-corrected chi connectivity index (χ3v) is 2.54. The zero-order valence-electron chi connectivity index (χ0n) is 9.25. The molecule has 1 heterocycles. The van der Waals surface area contributed by atoms with Crippen molar-refractivity contribution in [1.82, 2.24) is 9.97 Å². The van der Waals surface area contributed by atoms with E-state index in [0.29, 0.717) is 0 Å². The number of nitrogens with zero attached hydrogens (tertiary/aromatic N) is 1. The van der Waals surface area contributed by atoms with Crippen LogP contribution in [0.3, 0.4) is 0 Å². The van der Waals surface area contributed by atoms with Crippen LogP contribution in [-0.2, 0) is 6.42 Å². The molecular weight excluding hydrogens is 186 g/mol. The first kappa shape index (κ1) is 10.2. The molecular formula is C12H17N3. The van der Waals surface area contributed by atoms with Crippen LogP contribution in [0.2, 0.25) is 0 Å². The Morgan fingerprint density at radius 2 is 2.20 bits per heavy atom. The topological polar surface area (TPSA) is 54.7 Å². The summed E-state index contributed by atoms with van der Waals surface area (Å²) < 4.78 is 0. The van der Waals surface area contributed by atoms with E-state index in [2.05, 4.69) is 35.9 Å². The molecule has 0 fully saturated rings. The second-order valence-corrected chi connectivity index (χ2v) is 4.74. The average molecular weight is 203 g/mol. The van der Waals surface area contributed by atoms with Crippen molar-refractivity contribution < 1.29 is 0 Å². The van der Waals surface area contributed by atoms with Crippen molar-refractivity contribution in [3.63, 3.8) is 0 Å². The van der Waals surface area contributed by atoms with Gasteiger partial charge in [0.15, 0.2) is 0 Å². The number of H-pyrrole nitrogens is 1. The first-order valence-corrected chi connectivity index (χ1v) is 5.25. The summed E-state index contributed by atoms with van der Waals surface area (Å²) in [6.07, 6.45) is 3.73. The first-order chi connectivity index (χ1) is 7.04. The summed E-state index contributed by atoms with van der Waals surface area (Å²) in [5.41, 5.74) is 9.29. The number of aryl methyl sites for hydroxylation is 1. The van der Waals surface area contributed by atoms with Gasteiger partial charge >= 0.3 is 0 Å². The van der Waals surface area contributed by atoms with Gasteiger partial charge in [-0.25, -0.2) is 4.98 Å². The lowest BCUT2D eigenvalue weighted by Crippen LogP contribution is -2.32. The zero-order chi connectivity index (χ0) is 10.9. The van der Waals surface area contributed by atoms with Gasteiger partial charge in [0, 0.05) is 5.54 Å². The minimum atomic E-state index is -0.0943. The Morgan fingerprint density at radius 1 is 1.40 bits per heavy atom. The van der Waals surface area contributed by atoms with E-state index in [-0.39, 0.29) is 5.54 Å². The molecule has 2 aromatic rings. The van der Waals surface area contributed by atoms with E-state index < -0.39 is 0 Å². The number of hydrogen-bond donors (Lipinski definition) is 2. The molecule has 15 heavy (non-hydrogen) atoms. The maximum atomic E-state index is 5.96. The Bertz CT molecular complexity index is 451. The summed E-state index contributed by atoms with van der Waals surface area (Å²) in [6, 6.07) is 6.31. The molecule has 2 rings (SSSR count). The monoisotopic (exact) mass is 203 g/mol. The number of rotatable bonds is 3. The van der Waals surface area contributed by atoms with Gasteiger partial charge in [0.2, 0.25) is 0 Å². The van der Waals surface area contributed by atoms with E-state index in [1.807, 2.05) is 6.07 Å². The summed E-state index contributed by atoms with van der Waals surface area (Å²) in [7, 11) is 0. The van der Waals surface area contributed by atoms with Crippen molar-refractivity contribution in [3.05, 3.63) is 30.1 Å². The van der Waals surface area contributed by atoms with E-state index >= 15 is 0 Å². The Kier molecular flexibility index (Phi) is 2.49. The van der Waals surface area contributed by atoms with Crippen molar-refractivity contribution in [2.24, 2.45) is 5.73 Å². The molecule has 0 atom stereocenters. The summed E-state index contributed by atoms with van der Waals surface area (Å²) in [5, 5.41) is 0. The molecule has 0 aliphatic carbocycles. The number of imidazole rings is 1. The normalized spacial score (nSPS) is 12.2. The molecule has 3 nitrogen and oxygen atoms in total. The van der Waals surface area contributed by atoms with Gasteiger partial charge in [-0.2, -0.15) is 0 Å². The van der Waals surface area contributed by atoms with E-state index in [4.69, 9.17) is 5.73 Å². The predicted octanol–water partition coefficient (Wildman–Crippen LogP) is 2.23. The van der Waals surface area contributed by atoms with Crippen LogP contribution in [0.25, 0.3) is 11.0 Å². The lowest BCUT2D eigenvalue weighted by atomic mass is 9.96. The zero-order valence-corrected chi connectivity index (χ0v) is 9.25. The highest BCUT2D eigenvalue weighted by molar-refractivity contribution is 5.74. The van der Waals surface area contributed by atoms with Gasteiger partial charge in [-0.3, -0.25) is 0 Å². The molecule has 0 unspecified atom stereocenters. The molecule has 0 bridgehead atoms. The fraction of sp³-hybridized carbons (Fsp3) is 0.417. The number of aromatic amines is 1. The second kappa shape index (κ2) is 3.66. The summed E-state index contributed by atoms with van der Waals surface area (Å²) in [6.45, 7) is 4.11. The predicted molar refractivity (Wildman–Crippen MR) is 62.7 cm³/mol. The average Bonchev–Trinajstić information content (AvgIpc) is 2.60. The van der Waals surface area contributed by atoms with Crippen molar-refractivity contribution in [2.75, 3.05) is 0 Å². The number of nitrogens with two attached hydrogens (primary N) is 1. The van der Waals surface area contributed by atoms with Crippen molar-refractivity contribution in [3.8, 4) is 0 Å². The van der Waals surface area contributed by atoms with Gasteiger partial charge in [0.05, 0.1) is 17.4 Å². The highest BCUT2D eigenvalue weighted by atomic mass is 14.9. The molecule has 0 saturated heterocycles. The Morgan fingerprint density at radius 3 is 2.93 bits per heavy atom.